The van der Waals surface area contributed by atoms with Crippen molar-refractivity contribution in [1.29, 1.82) is 0 Å². The SMILES string of the molecule is CCCCCCCCCCCCSSCCOC(C)C(C)OC(C)C. The topological polar surface area (TPSA) is 18.5 Å². The van der Waals surface area contributed by atoms with Gasteiger partial charge in [0.05, 0.1) is 24.9 Å². The summed E-state index contributed by atoms with van der Waals surface area (Å²) in [5, 5.41) is 0. The van der Waals surface area contributed by atoms with Crippen molar-refractivity contribution in [3.8, 4) is 0 Å². The molecule has 2 nitrogen and oxygen atoms in total. The summed E-state index contributed by atoms with van der Waals surface area (Å²) in [5.74, 6) is 2.35. The van der Waals surface area contributed by atoms with Gasteiger partial charge in [-0.05, 0) is 34.1 Å². The van der Waals surface area contributed by atoms with Gasteiger partial charge in [0.15, 0.2) is 0 Å². The van der Waals surface area contributed by atoms with E-state index in [1.54, 1.807) is 0 Å². The fourth-order valence-electron chi connectivity index (χ4n) is 2.71. The van der Waals surface area contributed by atoms with E-state index >= 15 is 0 Å². The van der Waals surface area contributed by atoms with Gasteiger partial charge in [0.2, 0.25) is 0 Å². The quantitative estimate of drug-likeness (QED) is 0.167. The second-order valence-corrected chi connectivity index (χ2v) is 9.99. The van der Waals surface area contributed by atoms with Crippen LogP contribution in [0.4, 0.5) is 0 Å². The largest absolute Gasteiger partial charge is 0.375 e. The summed E-state index contributed by atoms with van der Waals surface area (Å²) in [7, 11) is 3.96. The Kier molecular flexibility index (Phi) is 19.9. The van der Waals surface area contributed by atoms with Crippen LogP contribution in [0.3, 0.4) is 0 Å². The lowest BCUT2D eigenvalue weighted by atomic mass is 10.1. The number of ether oxygens (including phenoxy) is 2. The third-order valence-electron chi connectivity index (χ3n) is 4.36. The number of hydrogen-bond acceptors (Lipinski definition) is 4. The summed E-state index contributed by atoms with van der Waals surface area (Å²) in [5.41, 5.74) is 0. The molecule has 0 bridgehead atoms. The Balaban J connectivity index is 3.19. The van der Waals surface area contributed by atoms with Gasteiger partial charge in [-0.3, -0.25) is 0 Å². The van der Waals surface area contributed by atoms with Crippen LogP contribution in [-0.4, -0.2) is 36.4 Å². The van der Waals surface area contributed by atoms with Crippen LogP contribution >= 0.6 is 21.6 Å². The average Bonchev–Trinajstić information content (AvgIpc) is 2.57. The zero-order valence-corrected chi connectivity index (χ0v) is 19.2. The van der Waals surface area contributed by atoms with Crippen LogP contribution in [0, 0.1) is 0 Å². The average molecular weight is 393 g/mol. The highest BCUT2D eigenvalue weighted by Crippen LogP contribution is 2.23. The molecule has 0 spiro atoms. The first-order chi connectivity index (χ1) is 12.1. The van der Waals surface area contributed by atoms with E-state index in [0.717, 1.165) is 12.4 Å². The molecule has 0 aromatic carbocycles. The van der Waals surface area contributed by atoms with Crippen molar-refractivity contribution in [2.75, 3.05) is 18.1 Å². The van der Waals surface area contributed by atoms with Crippen molar-refractivity contribution in [3.05, 3.63) is 0 Å². The molecular weight excluding hydrogens is 348 g/mol. The highest BCUT2D eigenvalue weighted by molar-refractivity contribution is 8.76. The maximum atomic E-state index is 5.85. The van der Waals surface area contributed by atoms with Gasteiger partial charge in [0.1, 0.15) is 0 Å². The van der Waals surface area contributed by atoms with Crippen molar-refractivity contribution in [2.24, 2.45) is 0 Å². The Morgan fingerprint density at radius 1 is 0.640 bits per heavy atom. The van der Waals surface area contributed by atoms with Gasteiger partial charge in [0.25, 0.3) is 0 Å². The lowest BCUT2D eigenvalue weighted by Crippen LogP contribution is -2.29. The van der Waals surface area contributed by atoms with Gasteiger partial charge >= 0.3 is 0 Å². The molecule has 0 aromatic rings. The molecule has 0 heterocycles. The second-order valence-electron chi connectivity index (χ2n) is 7.29. The van der Waals surface area contributed by atoms with Crippen molar-refractivity contribution in [1.82, 2.24) is 0 Å². The molecule has 0 aliphatic carbocycles. The summed E-state index contributed by atoms with van der Waals surface area (Å²) in [6, 6.07) is 0. The van der Waals surface area contributed by atoms with Crippen molar-refractivity contribution in [2.45, 2.75) is 117 Å². The van der Waals surface area contributed by atoms with Crippen molar-refractivity contribution < 1.29 is 9.47 Å². The van der Waals surface area contributed by atoms with Crippen LogP contribution in [0.15, 0.2) is 0 Å². The van der Waals surface area contributed by atoms with E-state index in [1.165, 1.54) is 70.0 Å². The summed E-state index contributed by atoms with van der Waals surface area (Å²) in [6.45, 7) is 11.5. The van der Waals surface area contributed by atoms with E-state index < -0.39 is 0 Å². The molecule has 4 heteroatoms. The van der Waals surface area contributed by atoms with Crippen LogP contribution in [0.2, 0.25) is 0 Å². The van der Waals surface area contributed by atoms with E-state index in [1.807, 2.05) is 21.6 Å². The Morgan fingerprint density at radius 2 is 1.16 bits per heavy atom. The lowest BCUT2D eigenvalue weighted by Gasteiger charge is -2.22. The summed E-state index contributed by atoms with van der Waals surface area (Å²) in [6.07, 6.45) is 14.8. The fraction of sp³-hybridized carbons (Fsp3) is 1.00. The van der Waals surface area contributed by atoms with E-state index in [-0.39, 0.29) is 18.3 Å². The van der Waals surface area contributed by atoms with E-state index in [0.29, 0.717) is 0 Å². The monoisotopic (exact) mass is 392 g/mol. The minimum Gasteiger partial charge on any atom is -0.375 e. The van der Waals surface area contributed by atoms with Crippen LogP contribution in [0.5, 0.6) is 0 Å². The zero-order chi connectivity index (χ0) is 18.8. The first-order valence-electron chi connectivity index (χ1n) is 10.6. The van der Waals surface area contributed by atoms with Gasteiger partial charge in [-0.15, -0.1) is 0 Å². The Hall–Kier alpha value is 0.620. The molecule has 0 aliphatic rings. The van der Waals surface area contributed by atoms with Crippen LogP contribution < -0.4 is 0 Å². The summed E-state index contributed by atoms with van der Waals surface area (Å²) in [4.78, 5) is 0. The maximum absolute atomic E-state index is 5.85. The van der Waals surface area contributed by atoms with Crippen molar-refractivity contribution >= 4 is 21.6 Å². The fourth-order valence-corrected chi connectivity index (χ4v) is 4.70. The number of hydrogen-bond donors (Lipinski definition) is 0. The molecule has 2 atom stereocenters. The van der Waals surface area contributed by atoms with Gasteiger partial charge < -0.3 is 9.47 Å². The Labute approximate surface area is 166 Å². The second kappa shape index (κ2) is 19.4. The predicted octanol–water partition coefficient (Wildman–Crippen LogP) is 7.51. The smallest absolute Gasteiger partial charge is 0.0809 e. The normalized spacial score (nSPS) is 14.2. The molecule has 0 saturated heterocycles. The van der Waals surface area contributed by atoms with Gasteiger partial charge in [0, 0.05) is 11.5 Å². The zero-order valence-electron chi connectivity index (χ0n) is 17.6. The van der Waals surface area contributed by atoms with Crippen LogP contribution in [0.25, 0.3) is 0 Å². The molecule has 0 N–H and O–H groups in total. The molecule has 25 heavy (non-hydrogen) atoms. The summed E-state index contributed by atoms with van der Waals surface area (Å²) < 4.78 is 11.6. The molecule has 0 saturated carbocycles. The minimum atomic E-state index is 0.171. The van der Waals surface area contributed by atoms with E-state index in [4.69, 9.17) is 9.47 Å². The lowest BCUT2D eigenvalue weighted by molar-refractivity contribution is -0.0737. The maximum Gasteiger partial charge on any atom is 0.0809 e. The molecule has 0 rings (SSSR count). The first-order valence-corrected chi connectivity index (χ1v) is 13.1. The first kappa shape index (κ1) is 25.6. The van der Waals surface area contributed by atoms with E-state index in [2.05, 4.69) is 34.6 Å². The van der Waals surface area contributed by atoms with Gasteiger partial charge in [-0.1, -0.05) is 86.3 Å². The molecule has 0 amide bonds. The molecule has 152 valence electrons. The third-order valence-corrected chi connectivity index (χ3v) is 6.82. The van der Waals surface area contributed by atoms with Crippen LogP contribution in [-0.2, 0) is 9.47 Å². The predicted molar refractivity (Wildman–Crippen MR) is 118 cm³/mol. The third kappa shape index (κ3) is 19.2. The van der Waals surface area contributed by atoms with E-state index in [9.17, 15) is 0 Å². The summed E-state index contributed by atoms with van der Waals surface area (Å²) >= 11 is 0. The van der Waals surface area contributed by atoms with Crippen LogP contribution in [0.1, 0.15) is 98.8 Å². The number of unbranched alkanes of at least 4 members (excludes halogenated alkanes) is 9. The molecular formula is C21H44O2S2. The molecule has 0 fully saturated rings. The molecule has 2 unspecified atom stereocenters. The number of rotatable bonds is 19. The minimum absolute atomic E-state index is 0.171. The highest BCUT2D eigenvalue weighted by Gasteiger charge is 2.14. The van der Waals surface area contributed by atoms with Gasteiger partial charge in [-0.25, -0.2) is 0 Å². The van der Waals surface area contributed by atoms with Gasteiger partial charge in [-0.2, -0.15) is 0 Å². The Morgan fingerprint density at radius 3 is 1.72 bits per heavy atom. The Bertz CT molecular complexity index is 262. The standard InChI is InChI=1S/C21H44O2S2/c1-6-7-8-9-10-11-12-13-14-15-17-24-25-18-16-22-20(4)21(5)23-19(2)3/h19-21H,6-18H2,1-5H3. The highest BCUT2D eigenvalue weighted by atomic mass is 33.1. The molecule has 0 aromatic heterocycles. The molecule has 0 radical (unpaired) electrons. The molecule has 0 aliphatic heterocycles. The van der Waals surface area contributed by atoms with Crippen molar-refractivity contribution in [3.63, 3.8) is 0 Å².